The molecule has 9 nitrogen and oxygen atoms in total. The first-order chi connectivity index (χ1) is 12.6. The van der Waals surface area contributed by atoms with Gasteiger partial charge in [0.2, 0.25) is 12.7 Å². The van der Waals surface area contributed by atoms with Crippen LogP contribution in [0.4, 0.5) is 0 Å². The second-order valence-corrected chi connectivity index (χ2v) is 7.62. The monoisotopic (exact) mass is 646 g/mol. The topological polar surface area (TPSA) is 117 Å². The van der Waals surface area contributed by atoms with E-state index in [9.17, 15) is 18.9 Å². The molecule has 0 saturated heterocycles. The first kappa shape index (κ1) is 29.8. The van der Waals surface area contributed by atoms with Crippen LogP contribution >= 0.6 is 8.25 Å². The van der Waals surface area contributed by atoms with Crippen LogP contribution in [0.5, 0.6) is 0 Å². The Hall–Kier alpha value is -0.388. The van der Waals surface area contributed by atoms with Gasteiger partial charge in [-0.3, -0.25) is 28.0 Å². The van der Waals surface area contributed by atoms with Crippen molar-refractivity contribution in [1.29, 1.82) is 0 Å². The number of carbonyl (C=O) groups excluding carboxylic acids is 3. The maximum Gasteiger partial charge on any atom is 0.322 e. The van der Waals surface area contributed by atoms with Crippen molar-refractivity contribution in [3.8, 4) is 0 Å². The number of esters is 2. The molecule has 0 bridgehead atoms. The molecule has 2 atom stereocenters. The fraction of sp³-hybridized carbons (Fsp3) is 0.765. The molecule has 0 aromatic heterocycles. The van der Waals surface area contributed by atoms with E-state index in [-0.39, 0.29) is 50.0 Å². The van der Waals surface area contributed by atoms with Gasteiger partial charge in [-0.05, 0) is 12.8 Å². The molecule has 28 heavy (non-hydrogen) atoms. The molecule has 0 saturated carbocycles. The maximum atomic E-state index is 12.3. The van der Waals surface area contributed by atoms with E-state index in [2.05, 4.69) is 17.0 Å². The first-order valence-corrected chi connectivity index (χ1v) is 9.99. The molecule has 0 heterocycles. The summed E-state index contributed by atoms with van der Waals surface area (Å²) in [4.78, 5) is 35.1. The van der Waals surface area contributed by atoms with Crippen LogP contribution in [-0.2, 0) is 37.5 Å². The number of hydrogen-bond acceptors (Lipinski definition) is 8. The molecule has 11 heteroatoms. The largest absolute Gasteiger partial charge is 0.469 e. The van der Waals surface area contributed by atoms with E-state index in [0.717, 1.165) is 0 Å². The van der Waals surface area contributed by atoms with Crippen LogP contribution in [0.1, 0.15) is 47.0 Å². The van der Waals surface area contributed by atoms with Crippen LogP contribution in [0.15, 0.2) is 0 Å². The van der Waals surface area contributed by atoms with Crippen molar-refractivity contribution in [1.82, 2.24) is 5.32 Å². The maximum absolute atomic E-state index is 12.3. The summed E-state index contributed by atoms with van der Waals surface area (Å²) in [7, 11) is -1.87. The summed E-state index contributed by atoms with van der Waals surface area (Å²) in [6.07, 6.45) is 0.0652. The van der Waals surface area contributed by atoms with Crippen molar-refractivity contribution < 1.29 is 68.6 Å². The van der Waals surface area contributed by atoms with Crippen molar-refractivity contribution in [2.24, 2.45) is 11.3 Å². The van der Waals surface area contributed by atoms with Gasteiger partial charge in [-0.25, -0.2) is 0 Å². The van der Waals surface area contributed by atoms with Crippen molar-refractivity contribution in [3.05, 3.63) is 6.92 Å². The number of hydrogen-bond donors (Lipinski definition) is 1. The average molecular weight is 646 g/mol. The smallest absolute Gasteiger partial charge is 0.322 e. The van der Waals surface area contributed by atoms with Gasteiger partial charge in [0.05, 0.1) is 19.4 Å². The molecule has 0 radical (unpaired) electrons. The van der Waals surface area contributed by atoms with Gasteiger partial charge in [0, 0.05) is 37.7 Å². The zero-order valence-corrected chi connectivity index (χ0v) is 22.3. The predicted molar refractivity (Wildman–Crippen MR) is 98.8 cm³/mol. The Morgan fingerprint density at radius 2 is 1.75 bits per heavy atom. The third-order valence-corrected chi connectivity index (χ3v) is 4.50. The van der Waals surface area contributed by atoms with Gasteiger partial charge in [0.1, 0.15) is 6.10 Å². The Labute approximate surface area is 191 Å². The average Bonchev–Trinajstić information content (AvgIpc) is 2.59. The van der Waals surface area contributed by atoms with Crippen LogP contribution < -0.4 is 5.32 Å². The summed E-state index contributed by atoms with van der Waals surface area (Å²) in [5.74, 6) is -1.75. The van der Waals surface area contributed by atoms with E-state index in [1.807, 2.05) is 13.8 Å². The number of carbonyl (C=O) groups is 3. The van der Waals surface area contributed by atoms with Crippen molar-refractivity contribution >= 4 is 26.1 Å². The molecule has 1 amide bonds. The molecule has 1 unspecified atom stereocenters. The van der Waals surface area contributed by atoms with E-state index in [1.165, 1.54) is 7.11 Å². The SMILES string of the molecule is [CH2-]C(C)(C)[C@@H](O[PH](=O)OCOC(=O)C(CC)CC)C(=O)NCCC(=O)OC.[U]. The normalized spacial score (nSPS) is 13.2. The van der Waals surface area contributed by atoms with Crippen LogP contribution in [0, 0.1) is 49.4 Å². The quantitative estimate of drug-likeness (QED) is 0.140. The molecule has 0 rings (SSSR count). The Balaban J connectivity index is 0. The zero-order valence-electron chi connectivity index (χ0n) is 17.2. The summed E-state index contributed by atoms with van der Waals surface area (Å²) in [5, 5.41) is 2.50. The van der Waals surface area contributed by atoms with E-state index in [1.54, 1.807) is 13.8 Å². The summed E-state index contributed by atoms with van der Waals surface area (Å²) in [5.41, 5.74) is -0.925. The number of nitrogens with one attached hydrogen (secondary N) is 1. The number of ether oxygens (including phenoxy) is 2. The van der Waals surface area contributed by atoms with E-state index < -0.39 is 44.4 Å². The summed E-state index contributed by atoms with van der Waals surface area (Å²) in [6, 6.07) is 0. The molecular weight excluding hydrogens is 615 g/mol. The minimum Gasteiger partial charge on any atom is -0.469 e. The number of methoxy groups -OCH3 is 1. The van der Waals surface area contributed by atoms with Gasteiger partial charge < -0.3 is 21.7 Å². The standard InChI is InChI=1S/C17H31NO8P.U/c1-7-12(8-2)16(21)24-11-25-27(22)26-14(17(3,4)5)15(20)18-10-9-13(19)23-6;/h12,14,27H,3,7-11H2,1-2,4-6H3,(H,18,20);/q-1;/t14-;/m0./s1. The van der Waals surface area contributed by atoms with Gasteiger partial charge in [-0.1, -0.05) is 27.7 Å². The van der Waals surface area contributed by atoms with Crippen LogP contribution in [0.3, 0.4) is 0 Å². The van der Waals surface area contributed by atoms with E-state index >= 15 is 0 Å². The van der Waals surface area contributed by atoms with Gasteiger partial charge >= 0.3 is 20.2 Å². The second kappa shape index (κ2) is 15.5. The predicted octanol–water partition coefficient (Wildman–Crippen LogP) is 2.25. The van der Waals surface area contributed by atoms with E-state index in [4.69, 9.17) is 13.8 Å². The molecular formula is C17H31NO8PU-. The Kier molecular flexibility index (Phi) is 16.5. The molecule has 0 aromatic carbocycles. The zero-order chi connectivity index (χ0) is 21.0. The van der Waals surface area contributed by atoms with Crippen LogP contribution in [-0.4, -0.2) is 44.4 Å². The van der Waals surface area contributed by atoms with Gasteiger partial charge in [0.15, 0.2) is 0 Å². The summed E-state index contributed by atoms with van der Waals surface area (Å²) < 4.78 is 31.5. The third kappa shape index (κ3) is 12.2. The number of amides is 1. The molecule has 0 aliphatic carbocycles. The summed E-state index contributed by atoms with van der Waals surface area (Å²) >= 11 is 0. The molecule has 0 aliphatic heterocycles. The minimum atomic E-state index is -3.11. The van der Waals surface area contributed by atoms with Crippen molar-refractivity contribution in [3.63, 3.8) is 0 Å². The first-order valence-electron chi connectivity index (χ1n) is 8.76. The van der Waals surface area contributed by atoms with Gasteiger partial charge in [-0.2, -0.15) is 0 Å². The number of rotatable bonds is 13. The third-order valence-electron chi connectivity index (χ3n) is 3.71. The molecule has 0 aliphatic rings. The Morgan fingerprint density at radius 3 is 2.21 bits per heavy atom. The molecule has 0 aromatic rings. The second-order valence-electron chi connectivity index (χ2n) is 6.59. The molecule has 0 spiro atoms. The van der Waals surface area contributed by atoms with E-state index in [0.29, 0.717) is 12.8 Å². The molecule has 0 fully saturated rings. The fourth-order valence-electron chi connectivity index (χ4n) is 2.06. The minimum absolute atomic E-state index is 0. The van der Waals surface area contributed by atoms with Gasteiger partial charge in [0.25, 0.3) is 0 Å². The fourth-order valence-corrected chi connectivity index (χ4v) is 2.90. The Bertz CT molecular complexity index is 520. The van der Waals surface area contributed by atoms with Gasteiger partial charge in [-0.15, -0.1) is 5.41 Å². The molecule has 162 valence electrons. The van der Waals surface area contributed by atoms with Crippen LogP contribution in [0.25, 0.3) is 0 Å². The molecule has 1 N–H and O–H groups in total. The van der Waals surface area contributed by atoms with Crippen molar-refractivity contribution in [2.75, 3.05) is 20.4 Å². The Morgan fingerprint density at radius 1 is 1.18 bits per heavy atom. The summed E-state index contributed by atoms with van der Waals surface area (Å²) in [6.45, 7) is 10.3. The van der Waals surface area contributed by atoms with Crippen molar-refractivity contribution in [2.45, 2.75) is 53.1 Å². The van der Waals surface area contributed by atoms with Crippen LogP contribution in [0.2, 0.25) is 0 Å².